The van der Waals surface area contributed by atoms with Crippen molar-refractivity contribution < 1.29 is 19.4 Å². The van der Waals surface area contributed by atoms with Crippen LogP contribution in [0, 0.1) is 0 Å². The predicted octanol–water partition coefficient (Wildman–Crippen LogP) is 1.23. The van der Waals surface area contributed by atoms with Gasteiger partial charge in [-0.1, -0.05) is 0 Å². The topological polar surface area (TPSA) is 93.5 Å². The minimum absolute atomic E-state index is 0.155. The Labute approximate surface area is 114 Å². The van der Waals surface area contributed by atoms with Crippen LogP contribution in [-0.2, 0) is 11.3 Å². The molecule has 0 saturated heterocycles. The Balaban J connectivity index is 2.03. The van der Waals surface area contributed by atoms with Gasteiger partial charge >= 0.3 is 5.97 Å². The third kappa shape index (κ3) is 3.35. The molecule has 0 aliphatic heterocycles. The van der Waals surface area contributed by atoms with Crippen LogP contribution >= 0.6 is 0 Å². The maximum Gasteiger partial charge on any atom is 0.325 e. The number of aromatic nitrogens is 2. The fourth-order valence-electron chi connectivity index (χ4n) is 1.58. The number of nitrogens with zero attached hydrogens (tertiary/aromatic N) is 2. The summed E-state index contributed by atoms with van der Waals surface area (Å²) in [5.41, 5.74) is 0.755. The molecule has 0 radical (unpaired) electrons. The second-order valence-electron chi connectivity index (χ2n) is 3.97. The molecule has 2 aromatic rings. The van der Waals surface area contributed by atoms with Crippen molar-refractivity contribution in [3.8, 4) is 5.75 Å². The van der Waals surface area contributed by atoms with Crippen LogP contribution in [0.15, 0.2) is 36.5 Å². The van der Waals surface area contributed by atoms with Gasteiger partial charge in [-0.15, -0.1) is 0 Å². The normalized spacial score (nSPS) is 10.1. The van der Waals surface area contributed by atoms with Crippen molar-refractivity contribution >= 4 is 17.6 Å². The first-order valence-electron chi connectivity index (χ1n) is 5.79. The Bertz CT molecular complexity index is 619. The van der Waals surface area contributed by atoms with Gasteiger partial charge in [0.05, 0.1) is 7.11 Å². The summed E-state index contributed by atoms with van der Waals surface area (Å²) in [6.07, 6.45) is 1.44. The van der Waals surface area contributed by atoms with Crippen molar-refractivity contribution in [1.82, 2.24) is 9.78 Å². The SMILES string of the molecule is COc1ccc(NC(=O)c2ccn(CC(=O)O)n2)cc1. The zero-order chi connectivity index (χ0) is 14.5. The van der Waals surface area contributed by atoms with Crippen LogP contribution in [-0.4, -0.2) is 33.9 Å². The monoisotopic (exact) mass is 275 g/mol. The number of carbonyl (C=O) groups is 2. The molecule has 1 amide bonds. The molecule has 0 unspecified atom stereocenters. The summed E-state index contributed by atoms with van der Waals surface area (Å²) in [6, 6.07) is 8.30. The van der Waals surface area contributed by atoms with Crippen LogP contribution < -0.4 is 10.1 Å². The highest BCUT2D eigenvalue weighted by atomic mass is 16.5. The number of carbonyl (C=O) groups excluding carboxylic acids is 1. The van der Waals surface area contributed by atoms with E-state index in [1.807, 2.05) is 0 Å². The van der Waals surface area contributed by atoms with Gasteiger partial charge in [0, 0.05) is 11.9 Å². The quantitative estimate of drug-likeness (QED) is 0.856. The van der Waals surface area contributed by atoms with Crippen molar-refractivity contribution in [3.63, 3.8) is 0 Å². The van der Waals surface area contributed by atoms with E-state index in [-0.39, 0.29) is 12.2 Å². The van der Waals surface area contributed by atoms with E-state index in [0.717, 1.165) is 0 Å². The minimum atomic E-state index is -1.02. The van der Waals surface area contributed by atoms with Crippen molar-refractivity contribution in [2.75, 3.05) is 12.4 Å². The van der Waals surface area contributed by atoms with Gasteiger partial charge in [-0.05, 0) is 30.3 Å². The average molecular weight is 275 g/mol. The molecule has 1 aromatic heterocycles. The van der Waals surface area contributed by atoms with Crippen LogP contribution in [0.3, 0.4) is 0 Å². The van der Waals surface area contributed by atoms with Gasteiger partial charge in [-0.25, -0.2) is 0 Å². The van der Waals surface area contributed by atoms with Crippen molar-refractivity contribution in [1.29, 1.82) is 0 Å². The fraction of sp³-hybridized carbons (Fsp3) is 0.154. The van der Waals surface area contributed by atoms with Crippen molar-refractivity contribution in [2.24, 2.45) is 0 Å². The van der Waals surface area contributed by atoms with Gasteiger partial charge in [-0.2, -0.15) is 5.10 Å². The largest absolute Gasteiger partial charge is 0.497 e. The van der Waals surface area contributed by atoms with Crippen molar-refractivity contribution in [2.45, 2.75) is 6.54 Å². The Morgan fingerprint density at radius 3 is 2.60 bits per heavy atom. The van der Waals surface area contributed by atoms with Crippen LogP contribution in [0.1, 0.15) is 10.5 Å². The molecule has 2 rings (SSSR count). The number of anilines is 1. The number of aliphatic carboxylic acids is 1. The highest BCUT2D eigenvalue weighted by Crippen LogP contribution is 2.15. The molecule has 0 saturated carbocycles. The number of hydrogen-bond donors (Lipinski definition) is 2. The summed E-state index contributed by atoms with van der Waals surface area (Å²) in [5.74, 6) is -0.733. The maximum absolute atomic E-state index is 11.9. The molecule has 0 atom stereocenters. The molecule has 0 bridgehead atoms. The van der Waals surface area contributed by atoms with Crippen LogP contribution in [0.5, 0.6) is 5.75 Å². The predicted molar refractivity (Wildman–Crippen MR) is 70.8 cm³/mol. The third-order valence-corrected chi connectivity index (χ3v) is 2.52. The van der Waals surface area contributed by atoms with Crippen LogP contribution in [0.25, 0.3) is 0 Å². The summed E-state index contributed by atoms with van der Waals surface area (Å²) >= 11 is 0. The highest BCUT2D eigenvalue weighted by molar-refractivity contribution is 6.02. The van der Waals surface area contributed by atoms with E-state index in [9.17, 15) is 9.59 Å². The molecule has 20 heavy (non-hydrogen) atoms. The molecule has 1 heterocycles. The van der Waals surface area contributed by atoms with E-state index in [0.29, 0.717) is 11.4 Å². The number of nitrogens with one attached hydrogen (secondary N) is 1. The van der Waals surface area contributed by atoms with Crippen molar-refractivity contribution in [3.05, 3.63) is 42.2 Å². The lowest BCUT2D eigenvalue weighted by Gasteiger charge is -2.04. The molecular weight excluding hydrogens is 262 g/mol. The van der Waals surface area contributed by atoms with Gasteiger partial charge in [-0.3, -0.25) is 14.3 Å². The van der Waals surface area contributed by atoms with Gasteiger partial charge in [0.2, 0.25) is 0 Å². The number of hydrogen-bond acceptors (Lipinski definition) is 4. The van der Waals surface area contributed by atoms with E-state index in [1.54, 1.807) is 31.4 Å². The smallest absolute Gasteiger partial charge is 0.325 e. The first kappa shape index (κ1) is 13.6. The lowest BCUT2D eigenvalue weighted by molar-refractivity contribution is -0.137. The fourth-order valence-corrected chi connectivity index (χ4v) is 1.58. The summed E-state index contributed by atoms with van der Waals surface area (Å²) in [4.78, 5) is 22.4. The average Bonchev–Trinajstić information content (AvgIpc) is 2.87. The molecule has 0 fully saturated rings. The van der Waals surface area contributed by atoms with Gasteiger partial charge in [0.1, 0.15) is 12.3 Å². The molecule has 0 aliphatic rings. The summed E-state index contributed by atoms with van der Waals surface area (Å²) in [7, 11) is 1.56. The first-order chi connectivity index (χ1) is 9.58. The Morgan fingerprint density at radius 2 is 2.00 bits per heavy atom. The second kappa shape index (κ2) is 5.87. The molecule has 0 aliphatic carbocycles. The minimum Gasteiger partial charge on any atom is -0.497 e. The maximum atomic E-state index is 11.9. The Morgan fingerprint density at radius 1 is 1.30 bits per heavy atom. The molecule has 2 N–H and O–H groups in total. The van der Waals surface area contributed by atoms with Crippen LogP contribution in [0.4, 0.5) is 5.69 Å². The Kier molecular flexibility index (Phi) is 3.99. The second-order valence-corrected chi connectivity index (χ2v) is 3.97. The molecule has 7 nitrogen and oxygen atoms in total. The number of amides is 1. The number of methoxy groups -OCH3 is 1. The molecule has 0 spiro atoms. The lowest BCUT2D eigenvalue weighted by atomic mass is 10.3. The van der Waals surface area contributed by atoms with Gasteiger partial charge in [0.25, 0.3) is 5.91 Å². The summed E-state index contributed by atoms with van der Waals surface area (Å²) in [5, 5.41) is 15.2. The number of carboxylic acids is 1. The number of ether oxygens (including phenoxy) is 1. The number of carboxylic acid groups (broad SMARTS) is 1. The number of rotatable bonds is 5. The molecular formula is C13H13N3O4. The third-order valence-electron chi connectivity index (χ3n) is 2.52. The van der Waals surface area contributed by atoms with Crippen LogP contribution in [0.2, 0.25) is 0 Å². The zero-order valence-corrected chi connectivity index (χ0v) is 10.7. The van der Waals surface area contributed by atoms with Gasteiger partial charge in [0.15, 0.2) is 5.69 Å². The van der Waals surface area contributed by atoms with E-state index >= 15 is 0 Å². The van der Waals surface area contributed by atoms with E-state index in [2.05, 4.69) is 10.4 Å². The molecule has 104 valence electrons. The van der Waals surface area contributed by atoms with E-state index in [4.69, 9.17) is 9.84 Å². The first-order valence-corrected chi connectivity index (χ1v) is 5.79. The van der Waals surface area contributed by atoms with E-state index < -0.39 is 11.9 Å². The lowest BCUT2D eigenvalue weighted by Crippen LogP contribution is -2.14. The molecule has 1 aromatic carbocycles. The standard InChI is InChI=1S/C13H13N3O4/c1-20-10-4-2-9(3-5-10)14-13(19)11-6-7-16(15-11)8-12(17)18/h2-7H,8H2,1H3,(H,14,19)(H,17,18). The summed E-state index contributed by atoms with van der Waals surface area (Å²) in [6.45, 7) is -0.282. The number of benzene rings is 1. The summed E-state index contributed by atoms with van der Waals surface area (Å²) < 4.78 is 6.20. The Hall–Kier alpha value is -2.83. The van der Waals surface area contributed by atoms with Gasteiger partial charge < -0.3 is 15.2 Å². The zero-order valence-electron chi connectivity index (χ0n) is 10.7. The van der Waals surface area contributed by atoms with E-state index in [1.165, 1.54) is 16.9 Å². The highest BCUT2D eigenvalue weighted by Gasteiger charge is 2.11. The molecule has 7 heteroatoms.